The zero-order valence-corrected chi connectivity index (χ0v) is 29.3. The number of aliphatic hydroxyl groups excluding tert-OH is 1. The predicted octanol–water partition coefficient (Wildman–Crippen LogP) is 7.38. The number of hydrogen-bond donors (Lipinski definition) is 2. The van der Waals surface area contributed by atoms with Crippen molar-refractivity contribution in [1.29, 1.82) is 0 Å². The van der Waals surface area contributed by atoms with Crippen molar-refractivity contribution in [3.8, 4) is 17.2 Å². The number of β-lactam (4-membered cyclic amide) rings is 1. The number of unbranched alkanes of at least 4 members (excludes halogenated alkanes) is 2. The number of benzene rings is 2. The van der Waals surface area contributed by atoms with Gasteiger partial charge in [0, 0.05) is 23.0 Å². The van der Waals surface area contributed by atoms with Crippen molar-refractivity contribution in [2.75, 3.05) is 13.7 Å². The van der Waals surface area contributed by atoms with Gasteiger partial charge >= 0.3 is 5.97 Å². The van der Waals surface area contributed by atoms with Crippen molar-refractivity contribution in [3.63, 3.8) is 0 Å². The zero-order chi connectivity index (χ0) is 34.7. The Balaban J connectivity index is 1.50. The van der Waals surface area contributed by atoms with Crippen LogP contribution < -0.4 is 9.47 Å². The molecule has 2 aliphatic heterocycles. The highest BCUT2D eigenvalue weighted by atomic mass is 16.5. The van der Waals surface area contributed by atoms with Crippen LogP contribution in [0.2, 0.25) is 0 Å². The van der Waals surface area contributed by atoms with Gasteiger partial charge in [0.2, 0.25) is 5.91 Å². The maximum Gasteiger partial charge on any atom is 0.355 e. The third-order valence-electron chi connectivity index (χ3n) is 10.4. The number of esters is 1. The fourth-order valence-electron chi connectivity index (χ4n) is 7.67. The molecule has 2 aromatic rings. The number of carbonyl (C=O) groups excluding carboxylic acids is 2. The van der Waals surface area contributed by atoms with Gasteiger partial charge in [-0.15, -0.1) is 0 Å². The first-order valence-corrected chi connectivity index (χ1v) is 17.3. The van der Waals surface area contributed by atoms with E-state index in [2.05, 4.69) is 26.5 Å². The highest BCUT2D eigenvalue weighted by Crippen LogP contribution is 2.50. The number of rotatable bonds is 14. The van der Waals surface area contributed by atoms with Crippen molar-refractivity contribution >= 4 is 11.9 Å². The van der Waals surface area contributed by atoms with Gasteiger partial charge in [0.25, 0.3) is 0 Å². The van der Waals surface area contributed by atoms with E-state index in [9.17, 15) is 19.8 Å². The summed E-state index contributed by atoms with van der Waals surface area (Å²) in [5.41, 5.74) is 5.63. The summed E-state index contributed by atoms with van der Waals surface area (Å²) in [5.74, 6) is -0.274. The summed E-state index contributed by atoms with van der Waals surface area (Å²) in [6.07, 6.45) is 7.26. The van der Waals surface area contributed by atoms with E-state index in [1.54, 1.807) is 26.2 Å². The third kappa shape index (κ3) is 7.05. The third-order valence-corrected chi connectivity index (χ3v) is 10.4. The largest absolute Gasteiger partial charge is 0.507 e. The molecule has 2 heterocycles. The average molecular weight is 658 g/mol. The lowest BCUT2D eigenvalue weighted by molar-refractivity contribution is -0.164. The quantitative estimate of drug-likeness (QED) is 0.0945. The van der Waals surface area contributed by atoms with Gasteiger partial charge < -0.3 is 29.3 Å². The van der Waals surface area contributed by atoms with E-state index in [0.29, 0.717) is 17.1 Å². The minimum atomic E-state index is -0.859. The summed E-state index contributed by atoms with van der Waals surface area (Å²) in [4.78, 5) is 28.6. The van der Waals surface area contributed by atoms with Crippen LogP contribution in [0.1, 0.15) is 89.3 Å². The van der Waals surface area contributed by atoms with Crippen LogP contribution in [-0.4, -0.2) is 52.9 Å². The lowest BCUT2D eigenvalue weighted by atomic mass is 9.73. The molecule has 6 atom stereocenters. The van der Waals surface area contributed by atoms with Gasteiger partial charge in [-0.05, 0) is 87.8 Å². The fraction of sp³-hybridized carbons (Fsp3) is 0.500. The fourth-order valence-corrected chi connectivity index (χ4v) is 7.67. The van der Waals surface area contributed by atoms with Gasteiger partial charge in [-0.1, -0.05) is 62.6 Å². The van der Waals surface area contributed by atoms with E-state index in [1.165, 1.54) is 10.5 Å². The number of ether oxygens (including phenoxy) is 3. The van der Waals surface area contributed by atoms with Crippen LogP contribution in [0.4, 0.5) is 0 Å². The molecule has 0 radical (unpaired) electrons. The molecule has 2 aromatic carbocycles. The van der Waals surface area contributed by atoms with Gasteiger partial charge in [-0.25, -0.2) is 4.79 Å². The minimum Gasteiger partial charge on any atom is -0.507 e. The maximum absolute atomic E-state index is 13.8. The minimum absolute atomic E-state index is 0.0227. The van der Waals surface area contributed by atoms with Crippen molar-refractivity contribution in [2.24, 2.45) is 17.8 Å². The molecule has 8 heteroatoms. The Morgan fingerprint density at radius 1 is 1.12 bits per heavy atom. The Labute approximate surface area is 285 Å². The number of phenols is 1. The number of allylic oxidation sites excluding steroid dienone is 3. The lowest BCUT2D eigenvalue weighted by Gasteiger charge is -2.46. The van der Waals surface area contributed by atoms with Crippen molar-refractivity contribution in [2.45, 2.75) is 97.8 Å². The number of fused-ring (bicyclic) bond motifs is 1. The Bertz CT molecular complexity index is 1590. The Morgan fingerprint density at radius 3 is 2.50 bits per heavy atom. The number of phenolic OH excluding ortho intramolecular Hbond substituents is 1. The lowest BCUT2D eigenvalue weighted by Crippen LogP contribution is -2.63. The molecule has 0 bridgehead atoms. The van der Waals surface area contributed by atoms with Gasteiger partial charge in [-0.3, -0.25) is 4.79 Å². The molecule has 0 spiro atoms. The van der Waals surface area contributed by atoms with E-state index in [1.807, 2.05) is 38.1 Å². The second kappa shape index (κ2) is 15.0. The van der Waals surface area contributed by atoms with Gasteiger partial charge in [0.05, 0.1) is 25.2 Å². The number of carbonyl (C=O) groups is 2. The van der Waals surface area contributed by atoms with Crippen LogP contribution in [0.25, 0.3) is 0 Å². The number of aliphatic hydroxyl groups is 1. The van der Waals surface area contributed by atoms with E-state index >= 15 is 0 Å². The smallest absolute Gasteiger partial charge is 0.355 e. The summed E-state index contributed by atoms with van der Waals surface area (Å²) >= 11 is 0. The monoisotopic (exact) mass is 657 g/mol. The first-order chi connectivity index (χ1) is 23.0. The number of hydrogen-bond acceptors (Lipinski definition) is 7. The summed E-state index contributed by atoms with van der Waals surface area (Å²) in [6, 6.07) is 10.8. The van der Waals surface area contributed by atoms with Crippen LogP contribution in [0, 0.1) is 17.8 Å². The summed E-state index contributed by atoms with van der Waals surface area (Å²) in [7, 11) is 1.59. The predicted molar refractivity (Wildman–Crippen MR) is 186 cm³/mol. The van der Waals surface area contributed by atoms with Gasteiger partial charge in [-0.2, -0.15) is 0 Å². The molecule has 2 N–H and O–H groups in total. The molecule has 0 aromatic heterocycles. The Kier molecular flexibility index (Phi) is 11.0. The maximum atomic E-state index is 13.8. The first kappa shape index (κ1) is 35.3. The first-order valence-electron chi connectivity index (χ1n) is 17.3. The van der Waals surface area contributed by atoms with E-state index in [0.717, 1.165) is 60.8 Å². The number of aryl methyl sites for hydroxylation is 1. The molecular weight excluding hydrogens is 606 g/mol. The molecular formula is C40H51NO7. The zero-order valence-electron chi connectivity index (χ0n) is 29.3. The van der Waals surface area contributed by atoms with Crippen LogP contribution in [0.5, 0.6) is 17.2 Å². The SMILES string of the molecule is C=C(C)[C@@H]1CCC(C)=C[C@H]1c1c(O)cc(CCCCC)cc1OCC1=C(C(=O)OCc2ccc(OC)cc2)N2C(=O)[C@H]([C@@H](C)O)[C@H]2[C@H]1C. The number of amides is 1. The summed E-state index contributed by atoms with van der Waals surface area (Å²) in [6.45, 7) is 14.2. The van der Waals surface area contributed by atoms with Crippen LogP contribution >= 0.6 is 0 Å². The normalized spacial score (nSPS) is 24.1. The van der Waals surface area contributed by atoms with E-state index in [-0.39, 0.29) is 54.4 Å². The highest BCUT2D eigenvalue weighted by molar-refractivity contribution is 6.00. The summed E-state index contributed by atoms with van der Waals surface area (Å²) in [5, 5.41) is 22.1. The molecule has 0 unspecified atom stereocenters. The van der Waals surface area contributed by atoms with Crippen LogP contribution in [0.3, 0.4) is 0 Å². The molecule has 258 valence electrons. The summed E-state index contributed by atoms with van der Waals surface area (Å²) < 4.78 is 17.7. The average Bonchev–Trinajstić information content (AvgIpc) is 3.29. The molecule has 8 nitrogen and oxygen atoms in total. The number of nitrogens with zero attached hydrogens (tertiary/aromatic N) is 1. The van der Waals surface area contributed by atoms with E-state index in [4.69, 9.17) is 14.2 Å². The molecule has 48 heavy (non-hydrogen) atoms. The Hall–Kier alpha value is -4.04. The highest BCUT2D eigenvalue weighted by Gasteiger charge is 2.60. The molecule has 5 rings (SSSR count). The second-order valence-electron chi connectivity index (χ2n) is 13.9. The molecule has 1 saturated heterocycles. The van der Waals surface area contributed by atoms with Crippen molar-refractivity contribution < 1.29 is 34.0 Å². The number of aromatic hydroxyl groups is 1. The van der Waals surface area contributed by atoms with Crippen LogP contribution in [-0.2, 0) is 27.4 Å². The van der Waals surface area contributed by atoms with Crippen LogP contribution in [0.15, 0.2) is 71.5 Å². The molecule has 1 aliphatic carbocycles. The topological polar surface area (TPSA) is 106 Å². The Morgan fingerprint density at radius 2 is 1.85 bits per heavy atom. The van der Waals surface area contributed by atoms with Crippen molar-refractivity contribution in [3.05, 3.63) is 88.2 Å². The molecule has 1 fully saturated rings. The van der Waals surface area contributed by atoms with Gasteiger partial charge in [0.1, 0.15) is 36.2 Å². The molecule has 1 amide bonds. The number of methoxy groups -OCH3 is 1. The second-order valence-corrected chi connectivity index (χ2v) is 13.9. The standard InChI is InChI=1S/C40H51NO7/c1-8-9-10-11-28-19-33(43)36(31-18-24(4)12-17-30(31)23(2)3)34(20-28)47-22-32-25(5)37-35(26(6)42)39(44)41(37)38(32)40(45)48-21-27-13-15-29(46-7)16-14-27/h13-16,18-20,25-26,30-31,35,37,42-43H,2,8-12,17,21-22H2,1,3-7H3/t25-,26+,30-,31+,35+,37+/m0/s1. The van der Waals surface area contributed by atoms with E-state index < -0.39 is 18.0 Å². The van der Waals surface area contributed by atoms with Gasteiger partial charge in [0.15, 0.2) is 0 Å². The molecule has 3 aliphatic rings. The van der Waals surface area contributed by atoms with Crippen molar-refractivity contribution in [1.82, 2.24) is 4.90 Å². The molecule has 0 saturated carbocycles.